The molecular formula is C27H28N2O4. The average Bonchev–Trinajstić information content (AvgIpc) is 2.84. The second-order valence-corrected chi connectivity index (χ2v) is 7.71. The van der Waals surface area contributed by atoms with E-state index in [9.17, 15) is 14.4 Å². The number of hydrogen-bond acceptors (Lipinski definition) is 4. The number of para-hydroxylation sites is 2. The van der Waals surface area contributed by atoms with E-state index in [2.05, 4.69) is 5.32 Å². The normalized spacial score (nSPS) is 11.4. The highest BCUT2D eigenvalue weighted by Crippen LogP contribution is 2.36. The molecule has 0 aliphatic carbocycles. The Kier molecular flexibility index (Phi) is 8.36. The molecule has 6 nitrogen and oxygen atoms in total. The number of carbonyl (C=O) groups is 3. The van der Waals surface area contributed by atoms with Gasteiger partial charge in [0.1, 0.15) is 11.5 Å². The largest absolute Gasteiger partial charge is 0.456 e. The first-order chi connectivity index (χ1) is 16.0. The van der Waals surface area contributed by atoms with E-state index in [0.717, 1.165) is 12.8 Å². The molecule has 170 valence electrons. The Hall–Kier alpha value is -3.93. The summed E-state index contributed by atoms with van der Waals surface area (Å²) >= 11 is 0. The van der Waals surface area contributed by atoms with E-state index < -0.39 is 11.8 Å². The van der Waals surface area contributed by atoms with Crippen LogP contribution in [-0.4, -0.2) is 24.1 Å². The zero-order valence-electron chi connectivity index (χ0n) is 18.6. The monoisotopic (exact) mass is 444 g/mol. The summed E-state index contributed by atoms with van der Waals surface area (Å²) in [5.41, 5.74) is 6.89. The molecule has 33 heavy (non-hydrogen) atoms. The van der Waals surface area contributed by atoms with Crippen molar-refractivity contribution in [2.75, 3.05) is 6.54 Å². The first-order valence-electron chi connectivity index (χ1n) is 11.0. The van der Waals surface area contributed by atoms with Crippen molar-refractivity contribution in [2.24, 2.45) is 5.73 Å². The van der Waals surface area contributed by atoms with Crippen LogP contribution < -0.4 is 15.8 Å². The maximum Gasteiger partial charge on any atom is 0.252 e. The van der Waals surface area contributed by atoms with Crippen LogP contribution in [-0.2, 0) is 4.79 Å². The lowest BCUT2D eigenvalue weighted by molar-refractivity contribution is -0.119. The van der Waals surface area contributed by atoms with Gasteiger partial charge in [0.25, 0.3) is 11.8 Å². The van der Waals surface area contributed by atoms with Crippen LogP contribution in [0.25, 0.3) is 0 Å². The van der Waals surface area contributed by atoms with E-state index in [1.807, 2.05) is 31.2 Å². The van der Waals surface area contributed by atoms with Crippen molar-refractivity contribution in [1.29, 1.82) is 0 Å². The number of benzene rings is 3. The van der Waals surface area contributed by atoms with Crippen molar-refractivity contribution in [2.45, 2.75) is 32.1 Å². The molecule has 0 spiro atoms. The van der Waals surface area contributed by atoms with E-state index >= 15 is 0 Å². The predicted octanol–water partition coefficient (Wildman–Crippen LogP) is 4.85. The summed E-state index contributed by atoms with van der Waals surface area (Å²) in [7, 11) is 0. The van der Waals surface area contributed by atoms with E-state index in [-0.39, 0.29) is 29.5 Å². The molecule has 6 heteroatoms. The quantitative estimate of drug-likeness (QED) is 0.442. The lowest BCUT2D eigenvalue weighted by Crippen LogP contribution is -2.32. The van der Waals surface area contributed by atoms with Crippen molar-refractivity contribution in [1.82, 2.24) is 5.32 Å². The summed E-state index contributed by atoms with van der Waals surface area (Å²) in [6.45, 7) is 1.91. The van der Waals surface area contributed by atoms with Crippen LogP contribution in [0.4, 0.5) is 0 Å². The van der Waals surface area contributed by atoms with Crippen molar-refractivity contribution in [3.63, 3.8) is 0 Å². The molecule has 2 amide bonds. The maximum atomic E-state index is 13.3. The van der Waals surface area contributed by atoms with Crippen LogP contribution in [0.1, 0.15) is 58.4 Å². The molecule has 1 unspecified atom stereocenters. The Morgan fingerprint density at radius 3 is 2.21 bits per heavy atom. The molecule has 0 bridgehead atoms. The Morgan fingerprint density at radius 2 is 1.58 bits per heavy atom. The molecule has 0 heterocycles. The van der Waals surface area contributed by atoms with Crippen LogP contribution in [0.3, 0.4) is 0 Å². The molecule has 0 saturated heterocycles. The number of hydrogen-bond donors (Lipinski definition) is 2. The van der Waals surface area contributed by atoms with Gasteiger partial charge in [-0.1, -0.05) is 68.3 Å². The van der Waals surface area contributed by atoms with Gasteiger partial charge in [0, 0.05) is 17.0 Å². The topological polar surface area (TPSA) is 98.5 Å². The van der Waals surface area contributed by atoms with Crippen LogP contribution in [0, 0.1) is 0 Å². The number of nitrogens with two attached hydrogens (primary N) is 1. The number of primary amides is 1. The third-order valence-electron chi connectivity index (χ3n) is 5.34. The number of nitrogens with one attached hydrogen (secondary N) is 1. The zero-order valence-corrected chi connectivity index (χ0v) is 18.6. The average molecular weight is 445 g/mol. The fourth-order valence-electron chi connectivity index (χ4n) is 3.62. The molecule has 0 aromatic heterocycles. The standard InChI is InChI=1S/C27H28N2O4/c1-2-3-15-21(24(30)18-29-27(32)19-11-6-4-7-12-19)22-16-10-17-23(26(28)31)25(22)33-20-13-8-5-9-14-20/h4-14,16-17,21H,2-3,15,18H2,1H3,(H2,28,31)(H,29,32). The lowest BCUT2D eigenvalue weighted by atomic mass is 9.87. The van der Waals surface area contributed by atoms with Crippen LogP contribution in [0.5, 0.6) is 11.5 Å². The molecule has 3 aromatic rings. The molecule has 0 fully saturated rings. The van der Waals surface area contributed by atoms with Gasteiger partial charge in [0.2, 0.25) is 0 Å². The number of unbranched alkanes of at least 4 members (excludes halogenated alkanes) is 1. The summed E-state index contributed by atoms with van der Waals surface area (Å²) in [5, 5.41) is 2.71. The van der Waals surface area contributed by atoms with Crippen LogP contribution >= 0.6 is 0 Å². The third kappa shape index (κ3) is 6.29. The summed E-state index contributed by atoms with van der Waals surface area (Å²) in [6, 6.07) is 22.8. The second-order valence-electron chi connectivity index (χ2n) is 7.71. The summed E-state index contributed by atoms with van der Waals surface area (Å²) in [5.74, 6) is -0.857. The molecule has 0 saturated carbocycles. The highest BCUT2D eigenvalue weighted by atomic mass is 16.5. The van der Waals surface area contributed by atoms with E-state index in [4.69, 9.17) is 10.5 Å². The summed E-state index contributed by atoms with van der Waals surface area (Å²) in [4.78, 5) is 37.9. The Balaban J connectivity index is 1.90. The smallest absolute Gasteiger partial charge is 0.252 e. The van der Waals surface area contributed by atoms with Gasteiger partial charge in [-0.3, -0.25) is 14.4 Å². The van der Waals surface area contributed by atoms with Gasteiger partial charge < -0.3 is 15.8 Å². The van der Waals surface area contributed by atoms with Crippen LogP contribution in [0.15, 0.2) is 78.9 Å². The van der Waals surface area contributed by atoms with E-state index in [1.165, 1.54) is 0 Å². The number of carbonyl (C=O) groups excluding carboxylic acids is 3. The first-order valence-corrected chi connectivity index (χ1v) is 11.0. The van der Waals surface area contributed by atoms with Crippen molar-refractivity contribution in [3.8, 4) is 11.5 Å². The Labute approximate surface area is 193 Å². The predicted molar refractivity (Wildman–Crippen MR) is 128 cm³/mol. The van der Waals surface area contributed by atoms with Gasteiger partial charge in [-0.05, 0) is 36.8 Å². The Morgan fingerprint density at radius 1 is 0.909 bits per heavy atom. The number of ether oxygens (including phenoxy) is 1. The SMILES string of the molecule is CCCCC(C(=O)CNC(=O)c1ccccc1)c1cccc(C(N)=O)c1Oc1ccccc1. The number of amides is 2. The molecule has 3 N–H and O–H groups in total. The van der Waals surface area contributed by atoms with E-state index in [0.29, 0.717) is 23.3 Å². The highest BCUT2D eigenvalue weighted by Gasteiger charge is 2.27. The molecule has 3 aromatic carbocycles. The van der Waals surface area contributed by atoms with Gasteiger partial charge in [-0.15, -0.1) is 0 Å². The van der Waals surface area contributed by atoms with Crippen molar-refractivity contribution < 1.29 is 19.1 Å². The van der Waals surface area contributed by atoms with Gasteiger partial charge in [0.05, 0.1) is 12.1 Å². The Bertz CT molecular complexity index is 1100. The highest BCUT2D eigenvalue weighted by molar-refractivity contribution is 5.99. The molecule has 0 aliphatic heterocycles. The van der Waals surface area contributed by atoms with Crippen molar-refractivity contribution in [3.05, 3.63) is 95.6 Å². The molecule has 0 aliphatic rings. The van der Waals surface area contributed by atoms with Gasteiger partial charge in [-0.25, -0.2) is 0 Å². The fraction of sp³-hybridized carbons (Fsp3) is 0.222. The maximum absolute atomic E-state index is 13.3. The third-order valence-corrected chi connectivity index (χ3v) is 5.34. The minimum absolute atomic E-state index is 0.131. The molecule has 1 atom stereocenters. The van der Waals surface area contributed by atoms with E-state index in [1.54, 1.807) is 54.6 Å². The van der Waals surface area contributed by atoms with Crippen molar-refractivity contribution >= 4 is 17.6 Å². The molecule has 3 rings (SSSR count). The summed E-state index contributed by atoms with van der Waals surface area (Å²) < 4.78 is 6.07. The molecular weight excluding hydrogens is 416 g/mol. The van der Waals surface area contributed by atoms with Crippen LogP contribution in [0.2, 0.25) is 0 Å². The first kappa shape index (κ1) is 23.7. The number of Topliss-reactive ketones (excluding diaryl/α,β-unsaturated/α-hetero) is 1. The molecule has 0 radical (unpaired) electrons. The minimum atomic E-state index is -0.637. The fourth-order valence-corrected chi connectivity index (χ4v) is 3.62. The summed E-state index contributed by atoms with van der Waals surface area (Å²) in [6.07, 6.45) is 2.25. The number of rotatable bonds is 11. The minimum Gasteiger partial charge on any atom is -0.456 e. The van der Waals surface area contributed by atoms with Gasteiger partial charge in [-0.2, -0.15) is 0 Å². The zero-order chi connectivity index (χ0) is 23.6. The lowest BCUT2D eigenvalue weighted by Gasteiger charge is -2.21. The number of ketones is 1. The second kappa shape index (κ2) is 11.6. The van der Waals surface area contributed by atoms with Gasteiger partial charge in [0.15, 0.2) is 5.78 Å². The van der Waals surface area contributed by atoms with Gasteiger partial charge >= 0.3 is 0 Å².